The van der Waals surface area contributed by atoms with Crippen molar-refractivity contribution in [2.75, 3.05) is 11.6 Å². The average Bonchev–Trinajstić information content (AvgIpc) is 2.98. The molecule has 2 amide bonds. The van der Waals surface area contributed by atoms with E-state index in [0.29, 0.717) is 18.3 Å². The first-order valence-corrected chi connectivity index (χ1v) is 7.55. The Kier molecular flexibility index (Phi) is 4.31. The molecule has 1 unspecified atom stereocenters. The van der Waals surface area contributed by atoms with E-state index in [1.165, 1.54) is 0 Å². The highest BCUT2D eigenvalue weighted by Crippen LogP contribution is 2.24. The van der Waals surface area contributed by atoms with Gasteiger partial charge in [-0.05, 0) is 19.3 Å². The third kappa shape index (κ3) is 3.37. The molecule has 1 saturated heterocycles. The summed E-state index contributed by atoms with van der Waals surface area (Å²) in [6.07, 6.45) is 4.69. The number of carbonyl (C=O) groups is 2. The van der Waals surface area contributed by atoms with Crippen molar-refractivity contribution < 1.29 is 9.59 Å². The highest BCUT2D eigenvalue weighted by atomic mass is 32.2. The van der Waals surface area contributed by atoms with Gasteiger partial charge in [0.25, 0.3) is 0 Å². The predicted octanol–water partition coefficient (Wildman–Crippen LogP) is 1.36. The number of thioether (sulfide) groups is 1. The second-order valence-corrected chi connectivity index (χ2v) is 5.77. The van der Waals surface area contributed by atoms with Gasteiger partial charge in [-0.3, -0.25) is 9.59 Å². The molecular formula is C12H20N2O2S. The zero-order valence-corrected chi connectivity index (χ0v) is 11.1. The van der Waals surface area contributed by atoms with E-state index in [2.05, 4.69) is 12.2 Å². The Bertz CT molecular complexity index is 305. The maximum absolute atomic E-state index is 12.0. The van der Waals surface area contributed by atoms with Crippen molar-refractivity contribution in [2.24, 2.45) is 0 Å². The lowest BCUT2D eigenvalue weighted by Crippen LogP contribution is -2.47. The van der Waals surface area contributed by atoms with E-state index in [-0.39, 0.29) is 17.9 Å². The molecule has 5 heteroatoms. The van der Waals surface area contributed by atoms with Crippen molar-refractivity contribution in [3.8, 4) is 0 Å². The van der Waals surface area contributed by atoms with Crippen LogP contribution in [0.2, 0.25) is 0 Å². The van der Waals surface area contributed by atoms with Crippen molar-refractivity contribution in [2.45, 2.75) is 51.1 Å². The first kappa shape index (κ1) is 12.7. The minimum Gasteiger partial charge on any atom is -0.352 e. The van der Waals surface area contributed by atoms with Crippen LogP contribution in [0, 0.1) is 0 Å². The molecule has 0 aromatic carbocycles. The summed E-state index contributed by atoms with van der Waals surface area (Å²) < 4.78 is 0. The summed E-state index contributed by atoms with van der Waals surface area (Å²) in [6.45, 7) is 2.07. The van der Waals surface area contributed by atoms with Crippen LogP contribution in [-0.2, 0) is 9.59 Å². The summed E-state index contributed by atoms with van der Waals surface area (Å²) >= 11 is 1.67. The first-order valence-electron chi connectivity index (χ1n) is 6.40. The molecule has 0 radical (unpaired) electrons. The molecule has 96 valence electrons. The van der Waals surface area contributed by atoms with Crippen molar-refractivity contribution >= 4 is 23.6 Å². The summed E-state index contributed by atoms with van der Waals surface area (Å²) in [5.41, 5.74) is 0. The smallest absolute Gasteiger partial charge is 0.243 e. The molecule has 2 aliphatic rings. The Morgan fingerprint density at radius 2 is 2.18 bits per heavy atom. The Morgan fingerprint density at radius 1 is 1.41 bits per heavy atom. The number of nitrogens with zero attached hydrogens (tertiary/aromatic N) is 1. The average molecular weight is 256 g/mol. The molecule has 0 aromatic rings. The molecule has 0 spiro atoms. The lowest BCUT2D eigenvalue weighted by atomic mass is 10.2. The number of amides is 2. The van der Waals surface area contributed by atoms with E-state index in [4.69, 9.17) is 0 Å². The zero-order valence-electron chi connectivity index (χ0n) is 10.3. The second kappa shape index (κ2) is 5.76. The lowest BCUT2D eigenvalue weighted by Gasteiger charge is -2.23. The Balaban J connectivity index is 1.86. The number of carbonyl (C=O) groups excluding carboxylic acids is 2. The van der Waals surface area contributed by atoms with Gasteiger partial charge in [-0.15, -0.1) is 11.8 Å². The summed E-state index contributed by atoms with van der Waals surface area (Å²) in [5.74, 6) is 1.59. The van der Waals surface area contributed by atoms with Crippen LogP contribution in [0.1, 0.15) is 39.0 Å². The molecule has 4 nitrogen and oxygen atoms in total. The van der Waals surface area contributed by atoms with Gasteiger partial charge in [0.15, 0.2) is 0 Å². The largest absolute Gasteiger partial charge is 0.352 e. The van der Waals surface area contributed by atoms with Gasteiger partial charge < -0.3 is 10.2 Å². The Hall–Kier alpha value is -0.710. The summed E-state index contributed by atoms with van der Waals surface area (Å²) in [4.78, 5) is 25.7. The second-order valence-electron chi connectivity index (χ2n) is 4.77. The molecule has 0 bridgehead atoms. The van der Waals surface area contributed by atoms with Crippen LogP contribution in [0.3, 0.4) is 0 Å². The van der Waals surface area contributed by atoms with E-state index in [0.717, 1.165) is 31.4 Å². The monoisotopic (exact) mass is 256 g/mol. The summed E-state index contributed by atoms with van der Waals surface area (Å²) in [5, 5.41) is 2.99. The molecule has 1 aliphatic heterocycles. The maximum Gasteiger partial charge on any atom is 0.243 e. The van der Waals surface area contributed by atoms with Crippen molar-refractivity contribution in [1.82, 2.24) is 10.2 Å². The van der Waals surface area contributed by atoms with Gasteiger partial charge in [-0.25, -0.2) is 0 Å². The third-order valence-electron chi connectivity index (χ3n) is 3.17. The fraction of sp³-hybridized carbons (Fsp3) is 0.833. The first-order chi connectivity index (χ1) is 8.22. The van der Waals surface area contributed by atoms with Crippen molar-refractivity contribution in [3.05, 3.63) is 0 Å². The fourth-order valence-corrected chi connectivity index (χ4v) is 3.08. The van der Waals surface area contributed by atoms with Crippen LogP contribution in [0.25, 0.3) is 0 Å². The van der Waals surface area contributed by atoms with E-state index >= 15 is 0 Å². The van der Waals surface area contributed by atoms with E-state index < -0.39 is 0 Å². The highest BCUT2D eigenvalue weighted by molar-refractivity contribution is 7.99. The van der Waals surface area contributed by atoms with Crippen LogP contribution in [0.5, 0.6) is 0 Å². The number of hydrogen-bond acceptors (Lipinski definition) is 3. The molecule has 1 saturated carbocycles. The Labute approximate surface area is 106 Å². The standard InChI is InChI=1S/C12H20N2O2S/c1-2-3-4-11(15)14-8-17-7-10(14)12(16)13-9-5-6-9/h9-10H,2-8H2,1H3,(H,13,16). The lowest BCUT2D eigenvalue weighted by molar-refractivity contribution is -0.138. The molecule has 1 aliphatic carbocycles. The number of hydrogen-bond donors (Lipinski definition) is 1. The summed E-state index contributed by atoms with van der Waals surface area (Å²) in [6, 6.07) is 0.144. The predicted molar refractivity (Wildman–Crippen MR) is 68.6 cm³/mol. The SMILES string of the molecule is CCCCC(=O)N1CSCC1C(=O)NC1CC1. The van der Waals surface area contributed by atoms with E-state index in [1.54, 1.807) is 16.7 Å². The molecule has 0 aromatic heterocycles. The maximum atomic E-state index is 12.0. The van der Waals surface area contributed by atoms with Crippen LogP contribution in [0.4, 0.5) is 0 Å². The van der Waals surface area contributed by atoms with Gasteiger partial charge in [0.1, 0.15) is 6.04 Å². The van der Waals surface area contributed by atoms with Crippen molar-refractivity contribution in [1.29, 1.82) is 0 Å². The van der Waals surface area contributed by atoms with Gasteiger partial charge in [-0.1, -0.05) is 13.3 Å². The molecule has 2 fully saturated rings. The minimum atomic E-state index is -0.232. The van der Waals surface area contributed by atoms with Crippen LogP contribution in [-0.4, -0.2) is 40.4 Å². The molecule has 1 N–H and O–H groups in total. The number of rotatable bonds is 5. The van der Waals surface area contributed by atoms with E-state index in [9.17, 15) is 9.59 Å². The van der Waals surface area contributed by atoms with Crippen LogP contribution in [0.15, 0.2) is 0 Å². The van der Waals surface area contributed by atoms with Gasteiger partial charge in [-0.2, -0.15) is 0 Å². The molecule has 2 rings (SSSR count). The minimum absolute atomic E-state index is 0.0438. The van der Waals surface area contributed by atoms with Gasteiger partial charge >= 0.3 is 0 Å². The van der Waals surface area contributed by atoms with Crippen LogP contribution >= 0.6 is 11.8 Å². The molecule has 1 heterocycles. The van der Waals surface area contributed by atoms with Crippen molar-refractivity contribution in [3.63, 3.8) is 0 Å². The van der Waals surface area contributed by atoms with Gasteiger partial charge in [0, 0.05) is 18.2 Å². The molecule has 17 heavy (non-hydrogen) atoms. The quantitative estimate of drug-likeness (QED) is 0.808. The summed E-state index contributed by atoms with van der Waals surface area (Å²) in [7, 11) is 0. The third-order valence-corrected chi connectivity index (χ3v) is 4.19. The molecular weight excluding hydrogens is 236 g/mol. The number of unbranched alkanes of at least 4 members (excludes halogenated alkanes) is 1. The molecule has 1 atom stereocenters. The zero-order chi connectivity index (χ0) is 12.3. The topological polar surface area (TPSA) is 49.4 Å². The highest BCUT2D eigenvalue weighted by Gasteiger charge is 2.36. The van der Waals surface area contributed by atoms with Gasteiger partial charge in [0.05, 0.1) is 5.88 Å². The normalized spacial score (nSPS) is 23.8. The van der Waals surface area contributed by atoms with Gasteiger partial charge in [0.2, 0.25) is 11.8 Å². The van der Waals surface area contributed by atoms with Crippen LogP contribution < -0.4 is 5.32 Å². The Morgan fingerprint density at radius 3 is 2.82 bits per heavy atom. The number of nitrogens with one attached hydrogen (secondary N) is 1. The fourth-order valence-electron chi connectivity index (χ4n) is 1.90. The van der Waals surface area contributed by atoms with E-state index in [1.807, 2.05) is 0 Å².